The van der Waals surface area contributed by atoms with Crippen LogP contribution in [0.1, 0.15) is 0 Å². The molecule has 0 aromatic carbocycles. The van der Waals surface area contributed by atoms with E-state index in [4.69, 9.17) is 12.2 Å². The average Bonchev–Trinajstić information content (AvgIpc) is 2.36. The molecular formula is C7H5NS2. The van der Waals surface area contributed by atoms with Crippen LogP contribution in [0.5, 0.6) is 0 Å². The van der Waals surface area contributed by atoms with Gasteiger partial charge in [0, 0.05) is 6.20 Å². The summed E-state index contributed by atoms with van der Waals surface area (Å²) < 4.78 is 2.11. The lowest BCUT2D eigenvalue weighted by atomic mass is 10.4. The van der Waals surface area contributed by atoms with Crippen molar-refractivity contribution >= 4 is 33.8 Å². The number of aromatic nitrogens is 1. The Hall–Kier alpha value is -0.670. The highest BCUT2D eigenvalue weighted by Gasteiger charge is 1.92. The highest BCUT2D eigenvalue weighted by molar-refractivity contribution is 7.72. The van der Waals surface area contributed by atoms with Crippen molar-refractivity contribution in [2.45, 2.75) is 0 Å². The van der Waals surface area contributed by atoms with Crippen molar-refractivity contribution in [3.05, 3.63) is 28.2 Å². The summed E-state index contributed by atoms with van der Waals surface area (Å²) in [5, 5.41) is 2.04. The molecule has 0 spiro atoms. The second-order valence-electron chi connectivity index (χ2n) is 2.01. The Bertz CT molecular complexity index is 399. The van der Waals surface area contributed by atoms with Crippen molar-refractivity contribution in [2.75, 3.05) is 0 Å². The molecule has 0 unspecified atom stereocenters. The molecule has 0 aliphatic carbocycles. The molecular weight excluding hydrogens is 162 g/mol. The Morgan fingerprint density at radius 3 is 3.10 bits per heavy atom. The minimum Gasteiger partial charge on any atom is -0.360 e. The zero-order valence-electron chi connectivity index (χ0n) is 5.13. The van der Waals surface area contributed by atoms with Gasteiger partial charge in [-0.3, -0.25) is 0 Å². The van der Waals surface area contributed by atoms with Gasteiger partial charge in [-0.1, -0.05) is 12.2 Å². The molecule has 1 N–H and O–H groups in total. The SMILES string of the molecule is S=c1cc[nH]c2ccsc12. The first-order valence-corrected chi connectivity index (χ1v) is 4.21. The lowest BCUT2D eigenvalue weighted by molar-refractivity contribution is 1.42. The molecule has 2 aromatic heterocycles. The van der Waals surface area contributed by atoms with E-state index < -0.39 is 0 Å². The van der Waals surface area contributed by atoms with Gasteiger partial charge in [0.25, 0.3) is 0 Å². The molecule has 0 amide bonds. The van der Waals surface area contributed by atoms with E-state index in [0.29, 0.717) is 0 Å². The first-order chi connectivity index (χ1) is 4.88. The number of pyridine rings is 1. The van der Waals surface area contributed by atoms with Crippen molar-refractivity contribution in [1.82, 2.24) is 4.98 Å². The van der Waals surface area contributed by atoms with Gasteiger partial charge >= 0.3 is 0 Å². The number of rotatable bonds is 0. The van der Waals surface area contributed by atoms with Crippen LogP contribution in [0.4, 0.5) is 0 Å². The number of nitrogens with one attached hydrogen (secondary N) is 1. The minimum atomic E-state index is 0.934. The van der Waals surface area contributed by atoms with E-state index in [9.17, 15) is 0 Å². The Morgan fingerprint density at radius 2 is 2.30 bits per heavy atom. The molecule has 2 rings (SSSR count). The average molecular weight is 167 g/mol. The van der Waals surface area contributed by atoms with Crippen molar-refractivity contribution in [3.63, 3.8) is 0 Å². The Balaban J connectivity index is 3.09. The molecule has 2 aromatic rings. The fourth-order valence-corrected chi connectivity index (χ4v) is 2.00. The van der Waals surface area contributed by atoms with Gasteiger partial charge in [0.2, 0.25) is 0 Å². The van der Waals surface area contributed by atoms with Gasteiger partial charge in [0.15, 0.2) is 0 Å². The summed E-state index contributed by atoms with van der Waals surface area (Å²) in [5.74, 6) is 0. The normalized spacial score (nSPS) is 10.4. The Morgan fingerprint density at radius 1 is 1.40 bits per heavy atom. The molecule has 3 heteroatoms. The summed E-state index contributed by atoms with van der Waals surface area (Å²) in [6.45, 7) is 0. The minimum absolute atomic E-state index is 0.934. The molecule has 50 valence electrons. The van der Waals surface area contributed by atoms with Crippen LogP contribution in [0.15, 0.2) is 23.7 Å². The van der Waals surface area contributed by atoms with Gasteiger partial charge in [-0.05, 0) is 17.5 Å². The Labute approximate surface area is 67.3 Å². The maximum absolute atomic E-state index is 5.10. The van der Waals surface area contributed by atoms with E-state index >= 15 is 0 Å². The molecule has 0 saturated heterocycles. The van der Waals surface area contributed by atoms with E-state index in [0.717, 1.165) is 10.0 Å². The first-order valence-electron chi connectivity index (χ1n) is 2.93. The van der Waals surface area contributed by atoms with Gasteiger partial charge in [-0.25, -0.2) is 0 Å². The quantitative estimate of drug-likeness (QED) is 0.596. The number of aromatic amines is 1. The van der Waals surface area contributed by atoms with Crippen LogP contribution < -0.4 is 0 Å². The predicted molar refractivity (Wildman–Crippen MR) is 47.0 cm³/mol. The van der Waals surface area contributed by atoms with Gasteiger partial charge in [0.1, 0.15) is 0 Å². The summed E-state index contributed by atoms with van der Waals surface area (Å²) in [4.78, 5) is 3.12. The molecule has 1 nitrogen and oxygen atoms in total. The Kier molecular flexibility index (Phi) is 1.32. The second kappa shape index (κ2) is 2.18. The molecule has 0 radical (unpaired) electrons. The monoisotopic (exact) mass is 167 g/mol. The van der Waals surface area contributed by atoms with Crippen LogP contribution in [-0.4, -0.2) is 4.98 Å². The number of hydrogen-bond donors (Lipinski definition) is 1. The molecule has 0 aliphatic heterocycles. The van der Waals surface area contributed by atoms with E-state index in [1.165, 1.54) is 4.70 Å². The first kappa shape index (κ1) is 6.07. The van der Waals surface area contributed by atoms with E-state index in [-0.39, 0.29) is 0 Å². The maximum atomic E-state index is 5.10. The number of H-pyrrole nitrogens is 1. The fraction of sp³-hybridized carbons (Fsp3) is 0. The van der Waals surface area contributed by atoms with Gasteiger partial charge in [-0.15, -0.1) is 11.3 Å². The van der Waals surface area contributed by atoms with Crippen LogP contribution in [0.3, 0.4) is 0 Å². The zero-order valence-corrected chi connectivity index (χ0v) is 6.76. The summed E-state index contributed by atoms with van der Waals surface area (Å²) >= 11 is 6.78. The smallest absolute Gasteiger partial charge is 0.0686 e. The van der Waals surface area contributed by atoms with E-state index in [1.807, 2.05) is 23.7 Å². The van der Waals surface area contributed by atoms with Crippen LogP contribution in [0.2, 0.25) is 0 Å². The standard InChI is InChI=1S/C7H5NS2/c9-6-1-3-8-5-2-4-10-7(5)6/h1-4H,(H,8,9). The van der Waals surface area contributed by atoms with Crippen molar-refractivity contribution in [3.8, 4) is 0 Å². The van der Waals surface area contributed by atoms with Crippen molar-refractivity contribution < 1.29 is 0 Å². The maximum Gasteiger partial charge on any atom is 0.0686 e. The molecule has 0 aliphatic rings. The fourth-order valence-electron chi connectivity index (χ4n) is 0.897. The van der Waals surface area contributed by atoms with Gasteiger partial charge in [0.05, 0.1) is 14.7 Å². The molecule has 2 heterocycles. The van der Waals surface area contributed by atoms with Gasteiger partial charge < -0.3 is 4.98 Å². The van der Waals surface area contributed by atoms with Crippen LogP contribution in [0.25, 0.3) is 10.2 Å². The highest BCUT2D eigenvalue weighted by Crippen LogP contribution is 2.18. The van der Waals surface area contributed by atoms with E-state index in [1.54, 1.807) is 11.3 Å². The topological polar surface area (TPSA) is 15.8 Å². The number of thiophene rings is 1. The summed E-state index contributed by atoms with van der Waals surface area (Å²) in [6, 6.07) is 3.95. The van der Waals surface area contributed by atoms with E-state index in [2.05, 4.69) is 4.98 Å². The molecule has 0 fully saturated rings. The molecule has 10 heavy (non-hydrogen) atoms. The third-order valence-corrected chi connectivity index (χ3v) is 2.78. The second-order valence-corrected chi connectivity index (χ2v) is 3.36. The molecule has 0 bridgehead atoms. The van der Waals surface area contributed by atoms with Gasteiger partial charge in [-0.2, -0.15) is 0 Å². The summed E-state index contributed by atoms with van der Waals surface area (Å²) in [6.07, 6.45) is 1.87. The lowest BCUT2D eigenvalue weighted by Gasteiger charge is -1.86. The summed E-state index contributed by atoms with van der Waals surface area (Å²) in [5.41, 5.74) is 1.14. The van der Waals surface area contributed by atoms with Crippen LogP contribution >= 0.6 is 23.6 Å². The van der Waals surface area contributed by atoms with Crippen LogP contribution in [0, 0.1) is 4.51 Å². The molecule has 0 saturated carbocycles. The molecule has 0 atom stereocenters. The third kappa shape index (κ3) is 0.786. The van der Waals surface area contributed by atoms with Crippen molar-refractivity contribution in [2.24, 2.45) is 0 Å². The zero-order chi connectivity index (χ0) is 6.97. The lowest BCUT2D eigenvalue weighted by Crippen LogP contribution is -1.69. The third-order valence-electron chi connectivity index (χ3n) is 1.36. The van der Waals surface area contributed by atoms with Crippen molar-refractivity contribution in [1.29, 1.82) is 0 Å². The number of fused-ring (bicyclic) bond motifs is 1. The van der Waals surface area contributed by atoms with Crippen LogP contribution in [-0.2, 0) is 0 Å². The highest BCUT2D eigenvalue weighted by atomic mass is 32.1. The largest absolute Gasteiger partial charge is 0.360 e. The predicted octanol–water partition coefficient (Wildman–Crippen LogP) is 2.96. The number of hydrogen-bond acceptors (Lipinski definition) is 2. The summed E-state index contributed by atoms with van der Waals surface area (Å²) in [7, 11) is 0.